The van der Waals surface area contributed by atoms with Crippen molar-refractivity contribution in [1.82, 2.24) is 5.32 Å². The van der Waals surface area contributed by atoms with E-state index in [1.54, 1.807) is 26.2 Å². The molecule has 0 spiro atoms. The monoisotopic (exact) mass is 377 g/mol. The summed E-state index contributed by atoms with van der Waals surface area (Å²) in [6.07, 6.45) is 0.438. The molecule has 0 fully saturated rings. The smallest absolute Gasteiger partial charge is 0.252 e. The highest BCUT2D eigenvalue weighted by Gasteiger charge is 2.22. The van der Waals surface area contributed by atoms with E-state index in [1.165, 1.54) is 0 Å². The lowest BCUT2D eigenvalue weighted by Gasteiger charge is -2.24. The summed E-state index contributed by atoms with van der Waals surface area (Å²) < 4.78 is 5.84. The van der Waals surface area contributed by atoms with Crippen molar-refractivity contribution in [3.8, 4) is 5.75 Å². The van der Waals surface area contributed by atoms with Crippen molar-refractivity contribution >= 4 is 21.8 Å². The van der Waals surface area contributed by atoms with Crippen LogP contribution in [-0.4, -0.2) is 30.3 Å². The second kappa shape index (κ2) is 7.62. The number of halogens is 1. The lowest BCUT2D eigenvalue weighted by molar-refractivity contribution is 0.0552. The summed E-state index contributed by atoms with van der Waals surface area (Å²) >= 11 is 3.35. The number of methoxy groups -OCH3 is 1. The van der Waals surface area contributed by atoms with Gasteiger partial charge in [-0.15, -0.1) is 0 Å². The molecular weight excluding hydrogens is 358 g/mol. The fourth-order valence-electron chi connectivity index (χ4n) is 2.26. The molecule has 0 aliphatic heterocycles. The molecule has 0 aliphatic carbocycles. The van der Waals surface area contributed by atoms with Crippen molar-refractivity contribution in [3.05, 3.63) is 64.1 Å². The van der Waals surface area contributed by atoms with E-state index in [4.69, 9.17) is 4.74 Å². The van der Waals surface area contributed by atoms with Crippen LogP contribution >= 0.6 is 15.9 Å². The van der Waals surface area contributed by atoms with E-state index in [0.29, 0.717) is 12.0 Å². The van der Waals surface area contributed by atoms with E-state index >= 15 is 0 Å². The van der Waals surface area contributed by atoms with Crippen molar-refractivity contribution in [1.29, 1.82) is 0 Å². The van der Waals surface area contributed by atoms with Gasteiger partial charge in [0.25, 0.3) is 5.91 Å². The Morgan fingerprint density at radius 3 is 2.48 bits per heavy atom. The van der Waals surface area contributed by atoms with Crippen LogP contribution in [-0.2, 0) is 6.42 Å². The van der Waals surface area contributed by atoms with E-state index in [1.807, 2.05) is 36.4 Å². The summed E-state index contributed by atoms with van der Waals surface area (Å²) in [6.45, 7) is 1.87. The number of benzene rings is 2. The summed E-state index contributed by atoms with van der Waals surface area (Å²) in [6, 6.07) is 14.7. The van der Waals surface area contributed by atoms with Crippen LogP contribution in [0.4, 0.5) is 0 Å². The number of nitrogens with one attached hydrogen (secondary N) is 1. The van der Waals surface area contributed by atoms with Gasteiger partial charge in [-0.2, -0.15) is 0 Å². The average molecular weight is 378 g/mol. The quantitative estimate of drug-likeness (QED) is 0.812. The molecule has 0 aliphatic rings. The lowest BCUT2D eigenvalue weighted by Crippen LogP contribution is -2.42. The van der Waals surface area contributed by atoms with Gasteiger partial charge in [-0.3, -0.25) is 4.79 Å². The molecule has 2 rings (SSSR count). The molecular formula is C18H20BrNO3. The Kier molecular flexibility index (Phi) is 5.80. The highest BCUT2D eigenvalue weighted by molar-refractivity contribution is 9.10. The van der Waals surface area contributed by atoms with Gasteiger partial charge in [0.05, 0.1) is 18.3 Å². The first-order chi connectivity index (χ1) is 10.9. The van der Waals surface area contributed by atoms with Gasteiger partial charge < -0.3 is 15.2 Å². The number of carbonyl (C=O) groups is 1. The second-order valence-electron chi connectivity index (χ2n) is 5.68. The summed E-state index contributed by atoms with van der Waals surface area (Å²) in [7, 11) is 1.61. The van der Waals surface area contributed by atoms with Gasteiger partial charge in [-0.25, -0.2) is 0 Å². The lowest BCUT2D eigenvalue weighted by atomic mass is 9.96. The Balaban J connectivity index is 1.95. The average Bonchev–Trinajstić information content (AvgIpc) is 2.53. The van der Waals surface area contributed by atoms with Crippen molar-refractivity contribution in [2.45, 2.75) is 18.9 Å². The maximum Gasteiger partial charge on any atom is 0.252 e. The minimum Gasteiger partial charge on any atom is -0.497 e. The number of amides is 1. The van der Waals surface area contributed by atoms with Crippen molar-refractivity contribution < 1.29 is 14.6 Å². The van der Waals surface area contributed by atoms with Crippen molar-refractivity contribution in [2.75, 3.05) is 13.7 Å². The number of rotatable bonds is 6. The Labute approximate surface area is 144 Å². The van der Waals surface area contributed by atoms with Gasteiger partial charge in [0, 0.05) is 17.4 Å². The SMILES string of the molecule is COc1ccc(C[C@@](C)(O)CNC(=O)c2ccccc2Br)cc1. The normalized spacial score (nSPS) is 13.2. The van der Waals surface area contributed by atoms with Crippen LogP contribution in [0.1, 0.15) is 22.8 Å². The minimum absolute atomic E-state index is 0.166. The molecule has 0 aromatic heterocycles. The standard InChI is InChI=1S/C18H20BrNO3/c1-18(22,11-13-7-9-14(23-2)10-8-13)12-20-17(21)15-5-3-4-6-16(15)19/h3-10,22H,11-12H2,1-2H3,(H,20,21)/t18-/m1/s1. The van der Waals surface area contributed by atoms with E-state index in [-0.39, 0.29) is 12.5 Å². The van der Waals surface area contributed by atoms with Gasteiger partial charge in [0.2, 0.25) is 0 Å². The summed E-state index contributed by atoms with van der Waals surface area (Å²) in [4.78, 5) is 12.2. The van der Waals surface area contributed by atoms with Gasteiger partial charge in [-0.05, 0) is 52.7 Å². The van der Waals surface area contributed by atoms with E-state index in [0.717, 1.165) is 15.8 Å². The molecule has 2 N–H and O–H groups in total. The zero-order valence-electron chi connectivity index (χ0n) is 13.2. The van der Waals surface area contributed by atoms with Crippen LogP contribution < -0.4 is 10.1 Å². The van der Waals surface area contributed by atoms with Crippen LogP contribution in [0.15, 0.2) is 53.0 Å². The zero-order chi connectivity index (χ0) is 16.9. The van der Waals surface area contributed by atoms with E-state index in [9.17, 15) is 9.90 Å². The Bertz CT molecular complexity index is 668. The zero-order valence-corrected chi connectivity index (χ0v) is 14.8. The fraction of sp³-hybridized carbons (Fsp3) is 0.278. The summed E-state index contributed by atoms with van der Waals surface area (Å²) in [5.74, 6) is 0.558. The third-order valence-electron chi connectivity index (χ3n) is 3.49. The van der Waals surface area contributed by atoms with Gasteiger partial charge in [-0.1, -0.05) is 24.3 Å². The molecule has 4 nitrogen and oxygen atoms in total. The van der Waals surface area contributed by atoms with Crippen LogP contribution in [0, 0.1) is 0 Å². The maximum atomic E-state index is 12.2. The highest BCUT2D eigenvalue weighted by Crippen LogP contribution is 2.18. The molecule has 0 unspecified atom stereocenters. The van der Waals surface area contributed by atoms with Crippen molar-refractivity contribution in [2.24, 2.45) is 0 Å². The van der Waals surface area contributed by atoms with E-state index < -0.39 is 5.60 Å². The van der Waals surface area contributed by atoms with Gasteiger partial charge in [0.1, 0.15) is 5.75 Å². The molecule has 1 amide bonds. The molecule has 1 atom stereocenters. The first-order valence-corrected chi connectivity index (χ1v) is 8.09. The topological polar surface area (TPSA) is 58.6 Å². The Morgan fingerprint density at radius 1 is 1.22 bits per heavy atom. The molecule has 0 heterocycles. The molecule has 2 aromatic rings. The number of ether oxygens (including phenoxy) is 1. The summed E-state index contributed by atoms with van der Waals surface area (Å²) in [5, 5.41) is 13.3. The highest BCUT2D eigenvalue weighted by atomic mass is 79.9. The summed E-state index contributed by atoms with van der Waals surface area (Å²) in [5.41, 5.74) is 0.490. The van der Waals surface area contributed by atoms with Crippen LogP contribution in [0.3, 0.4) is 0 Å². The predicted molar refractivity (Wildman–Crippen MR) is 93.8 cm³/mol. The molecule has 0 bridgehead atoms. The third kappa shape index (κ3) is 5.08. The molecule has 2 aromatic carbocycles. The molecule has 5 heteroatoms. The first-order valence-electron chi connectivity index (χ1n) is 7.29. The largest absolute Gasteiger partial charge is 0.497 e. The molecule has 0 radical (unpaired) electrons. The number of carbonyl (C=O) groups excluding carboxylic acids is 1. The number of hydrogen-bond donors (Lipinski definition) is 2. The Hall–Kier alpha value is -1.85. The Morgan fingerprint density at radius 2 is 1.87 bits per heavy atom. The third-order valence-corrected chi connectivity index (χ3v) is 4.18. The molecule has 122 valence electrons. The van der Waals surface area contributed by atoms with Gasteiger partial charge >= 0.3 is 0 Å². The number of aliphatic hydroxyl groups is 1. The molecule has 0 saturated heterocycles. The van der Waals surface area contributed by atoms with Crippen LogP contribution in [0.2, 0.25) is 0 Å². The predicted octanol–water partition coefficient (Wildman–Crippen LogP) is 3.18. The molecule has 0 saturated carbocycles. The fourth-order valence-corrected chi connectivity index (χ4v) is 2.72. The maximum absolute atomic E-state index is 12.2. The van der Waals surface area contributed by atoms with Gasteiger partial charge in [0.15, 0.2) is 0 Å². The number of hydrogen-bond acceptors (Lipinski definition) is 3. The van der Waals surface area contributed by atoms with Crippen LogP contribution in [0.25, 0.3) is 0 Å². The molecule has 23 heavy (non-hydrogen) atoms. The van der Waals surface area contributed by atoms with Crippen LogP contribution in [0.5, 0.6) is 5.75 Å². The minimum atomic E-state index is -1.04. The second-order valence-corrected chi connectivity index (χ2v) is 6.54. The first kappa shape index (κ1) is 17.5. The van der Waals surface area contributed by atoms with Crippen molar-refractivity contribution in [3.63, 3.8) is 0 Å². The van der Waals surface area contributed by atoms with E-state index in [2.05, 4.69) is 21.2 Å².